The first-order chi connectivity index (χ1) is 13.7. The molecule has 1 aromatic heterocycles. The SMILES string of the molecule is O=C(CNC(=O)c1ccc2c(c1)OCO2)NCCCn1ccc2ccccc21. The van der Waals surface area contributed by atoms with Gasteiger partial charge < -0.3 is 24.7 Å². The number of hydrogen-bond acceptors (Lipinski definition) is 4. The first kappa shape index (κ1) is 17.9. The molecule has 0 saturated carbocycles. The molecule has 144 valence electrons. The molecular formula is C21H21N3O4. The monoisotopic (exact) mass is 379 g/mol. The van der Waals surface area contributed by atoms with E-state index in [-0.39, 0.29) is 25.2 Å². The van der Waals surface area contributed by atoms with Crippen LogP contribution in [0.15, 0.2) is 54.7 Å². The normalized spacial score (nSPS) is 12.1. The van der Waals surface area contributed by atoms with Gasteiger partial charge in [-0.2, -0.15) is 0 Å². The standard InChI is InChI=1S/C21H21N3O4/c25-20(13-23-21(26)16-6-7-18-19(12-16)28-14-27-18)22-9-3-10-24-11-8-15-4-1-2-5-17(15)24/h1-2,4-8,11-12H,3,9-10,13-14H2,(H,22,25)(H,23,26). The number of aromatic nitrogens is 1. The summed E-state index contributed by atoms with van der Waals surface area (Å²) in [6.07, 6.45) is 2.86. The summed E-state index contributed by atoms with van der Waals surface area (Å²) in [7, 11) is 0. The van der Waals surface area contributed by atoms with Gasteiger partial charge in [-0.15, -0.1) is 0 Å². The fourth-order valence-corrected chi connectivity index (χ4v) is 3.18. The van der Waals surface area contributed by atoms with Crippen LogP contribution in [0.4, 0.5) is 0 Å². The molecule has 1 aliphatic rings. The van der Waals surface area contributed by atoms with Gasteiger partial charge in [-0.3, -0.25) is 9.59 Å². The molecule has 4 rings (SSSR count). The summed E-state index contributed by atoms with van der Waals surface area (Å²) >= 11 is 0. The van der Waals surface area contributed by atoms with Crippen molar-refractivity contribution in [2.75, 3.05) is 19.9 Å². The minimum atomic E-state index is -0.327. The van der Waals surface area contributed by atoms with Crippen molar-refractivity contribution in [3.05, 3.63) is 60.3 Å². The maximum atomic E-state index is 12.2. The van der Waals surface area contributed by atoms with Gasteiger partial charge in [0.05, 0.1) is 6.54 Å². The Labute approximate surface area is 162 Å². The van der Waals surface area contributed by atoms with Crippen LogP contribution in [0.2, 0.25) is 0 Å². The number of carbonyl (C=O) groups excluding carboxylic acids is 2. The molecule has 2 amide bonds. The summed E-state index contributed by atoms with van der Waals surface area (Å²) < 4.78 is 12.6. The number of carbonyl (C=O) groups is 2. The van der Waals surface area contributed by atoms with E-state index in [1.165, 1.54) is 10.9 Å². The molecular weight excluding hydrogens is 358 g/mol. The Bertz CT molecular complexity index is 1010. The predicted molar refractivity (Wildman–Crippen MR) is 104 cm³/mol. The van der Waals surface area contributed by atoms with Crippen molar-refractivity contribution in [2.45, 2.75) is 13.0 Å². The van der Waals surface area contributed by atoms with E-state index in [2.05, 4.69) is 39.6 Å². The predicted octanol–water partition coefficient (Wildman–Crippen LogP) is 2.31. The number of nitrogens with one attached hydrogen (secondary N) is 2. The highest BCUT2D eigenvalue weighted by Gasteiger charge is 2.16. The molecule has 0 saturated heterocycles. The first-order valence-corrected chi connectivity index (χ1v) is 9.19. The Balaban J connectivity index is 1.19. The van der Waals surface area contributed by atoms with Crippen LogP contribution in [0.5, 0.6) is 11.5 Å². The van der Waals surface area contributed by atoms with Gasteiger partial charge in [-0.1, -0.05) is 18.2 Å². The van der Waals surface area contributed by atoms with Crippen LogP contribution in [0.1, 0.15) is 16.8 Å². The molecule has 0 unspecified atom stereocenters. The fraction of sp³-hybridized carbons (Fsp3) is 0.238. The number of aryl methyl sites for hydroxylation is 1. The van der Waals surface area contributed by atoms with Gasteiger partial charge in [0, 0.05) is 30.4 Å². The molecule has 2 heterocycles. The molecule has 1 aliphatic heterocycles. The summed E-state index contributed by atoms with van der Waals surface area (Å²) in [6, 6.07) is 15.2. The topological polar surface area (TPSA) is 81.6 Å². The lowest BCUT2D eigenvalue weighted by molar-refractivity contribution is -0.120. The number of rotatable bonds is 7. The number of benzene rings is 2. The third-order valence-corrected chi connectivity index (χ3v) is 4.62. The van der Waals surface area contributed by atoms with E-state index in [1.807, 2.05) is 12.1 Å². The molecule has 3 aromatic rings. The molecule has 28 heavy (non-hydrogen) atoms. The molecule has 0 fully saturated rings. The molecule has 7 heteroatoms. The first-order valence-electron chi connectivity index (χ1n) is 9.19. The van der Waals surface area contributed by atoms with Crippen molar-refractivity contribution in [1.82, 2.24) is 15.2 Å². The molecule has 0 radical (unpaired) electrons. The Morgan fingerprint density at radius 1 is 1.00 bits per heavy atom. The van der Waals surface area contributed by atoms with Crippen LogP contribution in [0.3, 0.4) is 0 Å². The van der Waals surface area contributed by atoms with Crippen molar-refractivity contribution in [3.63, 3.8) is 0 Å². The van der Waals surface area contributed by atoms with E-state index in [4.69, 9.17) is 9.47 Å². The van der Waals surface area contributed by atoms with E-state index < -0.39 is 0 Å². The number of para-hydroxylation sites is 1. The summed E-state index contributed by atoms with van der Waals surface area (Å²) in [5, 5.41) is 6.65. The van der Waals surface area contributed by atoms with Crippen molar-refractivity contribution in [2.24, 2.45) is 0 Å². The van der Waals surface area contributed by atoms with Crippen LogP contribution < -0.4 is 20.1 Å². The van der Waals surface area contributed by atoms with Crippen LogP contribution in [0.25, 0.3) is 10.9 Å². The number of hydrogen-bond donors (Lipinski definition) is 2. The largest absolute Gasteiger partial charge is 0.454 e. The Morgan fingerprint density at radius 3 is 2.79 bits per heavy atom. The summed E-state index contributed by atoms with van der Waals surface area (Å²) in [6.45, 7) is 1.45. The second-order valence-electron chi connectivity index (χ2n) is 6.52. The third-order valence-electron chi connectivity index (χ3n) is 4.62. The van der Waals surface area contributed by atoms with Gasteiger partial charge in [0.1, 0.15) is 0 Å². The third kappa shape index (κ3) is 3.93. The van der Waals surface area contributed by atoms with Gasteiger partial charge in [-0.05, 0) is 42.1 Å². The Kier molecular flexibility index (Phi) is 5.14. The summed E-state index contributed by atoms with van der Waals surface area (Å²) in [4.78, 5) is 24.1. The number of nitrogens with zero attached hydrogens (tertiary/aromatic N) is 1. The second kappa shape index (κ2) is 8.04. The summed E-state index contributed by atoms with van der Waals surface area (Å²) in [5.74, 6) is 0.609. The van der Waals surface area contributed by atoms with Crippen molar-refractivity contribution >= 4 is 22.7 Å². The fourth-order valence-electron chi connectivity index (χ4n) is 3.18. The van der Waals surface area contributed by atoms with E-state index in [0.29, 0.717) is 23.6 Å². The molecule has 0 atom stereocenters. The maximum absolute atomic E-state index is 12.2. The highest BCUT2D eigenvalue weighted by Crippen LogP contribution is 2.32. The van der Waals surface area contributed by atoms with Crippen molar-refractivity contribution in [1.29, 1.82) is 0 Å². The highest BCUT2D eigenvalue weighted by molar-refractivity contribution is 5.97. The van der Waals surface area contributed by atoms with Crippen LogP contribution in [-0.4, -0.2) is 36.3 Å². The molecule has 2 N–H and O–H groups in total. The average Bonchev–Trinajstić information content (AvgIpc) is 3.35. The quantitative estimate of drug-likeness (QED) is 0.617. The van der Waals surface area contributed by atoms with Crippen molar-refractivity contribution in [3.8, 4) is 11.5 Å². The molecule has 2 aromatic carbocycles. The smallest absolute Gasteiger partial charge is 0.251 e. The Hall–Kier alpha value is -3.48. The van der Waals surface area contributed by atoms with E-state index >= 15 is 0 Å². The average molecular weight is 379 g/mol. The zero-order chi connectivity index (χ0) is 19.3. The van der Waals surface area contributed by atoms with Crippen molar-refractivity contribution < 1.29 is 19.1 Å². The van der Waals surface area contributed by atoms with Gasteiger partial charge in [0.15, 0.2) is 11.5 Å². The molecule has 7 nitrogen and oxygen atoms in total. The molecule has 0 bridgehead atoms. The highest BCUT2D eigenvalue weighted by atomic mass is 16.7. The lowest BCUT2D eigenvalue weighted by atomic mass is 10.2. The van der Waals surface area contributed by atoms with Gasteiger partial charge in [0.25, 0.3) is 5.91 Å². The number of fused-ring (bicyclic) bond motifs is 2. The van der Waals surface area contributed by atoms with Gasteiger partial charge >= 0.3 is 0 Å². The zero-order valence-corrected chi connectivity index (χ0v) is 15.3. The van der Waals surface area contributed by atoms with Crippen LogP contribution in [-0.2, 0) is 11.3 Å². The van der Waals surface area contributed by atoms with Gasteiger partial charge in [-0.25, -0.2) is 0 Å². The van der Waals surface area contributed by atoms with E-state index in [1.54, 1.807) is 18.2 Å². The minimum absolute atomic E-state index is 0.0697. The lowest BCUT2D eigenvalue weighted by Crippen LogP contribution is -2.37. The van der Waals surface area contributed by atoms with Gasteiger partial charge in [0.2, 0.25) is 12.7 Å². The minimum Gasteiger partial charge on any atom is -0.454 e. The second-order valence-corrected chi connectivity index (χ2v) is 6.52. The molecule has 0 spiro atoms. The van der Waals surface area contributed by atoms with E-state index in [9.17, 15) is 9.59 Å². The number of amides is 2. The zero-order valence-electron chi connectivity index (χ0n) is 15.3. The lowest BCUT2D eigenvalue weighted by Gasteiger charge is -2.09. The van der Waals surface area contributed by atoms with E-state index in [0.717, 1.165) is 13.0 Å². The summed E-state index contributed by atoms with van der Waals surface area (Å²) in [5.41, 5.74) is 1.61. The maximum Gasteiger partial charge on any atom is 0.251 e. The number of ether oxygens (including phenoxy) is 2. The Morgan fingerprint density at radius 2 is 1.86 bits per heavy atom. The van der Waals surface area contributed by atoms with Crippen LogP contribution >= 0.6 is 0 Å². The van der Waals surface area contributed by atoms with Crippen LogP contribution in [0, 0.1) is 0 Å². The molecule has 0 aliphatic carbocycles.